The minimum atomic E-state index is -3.27. The number of nitrogens with zero attached hydrogens (tertiary/aromatic N) is 3. The summed E-state index contributed by atoms with van der Waals surface area (Å²) >= 11 is 0. The van der Waals surface area contributed by atoms with Gasteiger partial charge in [0, 0.05) is 11.8 Å². The van der Waals surface area contributed by atoms with Gasteiger partial charge < -0.3 is 5.32 Å². The van der Waals surface area contributed by atoms with Crippen LogP contribution < -0.4 is 5.32 Å². The van der Waals surface area contributed by atoms with Crippen molar-refractivity contribution in [2.75, 3.05) is 32.6 Å². The van der Waals surface area contributed by atoms with E-state index < -0.39 is 9.84 Å². The van der Waals surface area contributed by atoms with Crippen molar-refractivity contribution in [2.45, 2.75) is 43.7 Å². The maximum absolute atomic E-state index is 13.0. The number of carbonyl (C=O) groups is 1. The molecule has 1 N–H and O–H groups in total. The molecule has 1 spiro atoms. The SMILES string of the molecule is C=N/C=C(\C(=C/C)CS(C)(=O)=O)N1C[C@]2(CC[C@](c3ccccc3)(N(C)C)CC2)NC1=O. The fourth-order valence-electron chi connectivity index (χ4n) is 5.07. The molecule has 174 valence electrons. The Morgan fingerprint density at radius 1 is 1.22 bits per heavy atom. The van der Waals surface area contributed by atoms with Crippen molar-refractivity contribution in [3.63, 3.8) is 0 Å². The van der Waals surface area contributed by atoms with Crippen molar-refractivity contribution in [3.05, 3.63) is 59.4 Å². The van der Waals surface area contributed by atoms with Gasteiger partial charge in [0.25, 0.3) is 0 Å². The van der Waals surface area contributed by atoms with E-state index in [4.69, 9.17) is 0 Å². The van der Waals surface area contributed by atoms with Crippen LogP contribution in [0.4, 0.5) is 4.79 Å². The number of sulfone groups is 1. The molecule has 0 radical (unpaired) electrons. The Bertz CT molecular complexity index is 1020. The second-order valence-corrected chi connectivity index (χ2v) is 11.3. The molecule has 0 atom stereocenters. The Kier molecular flexibility index (Phi) is 6.95. The van der Waals surface area contributed by atoms with Gasteiger partial charge in [-0.2, -0.15) is 0 Å². The number of carbonyl (C=O) groups excluding carboxylic acids is 1. The second kappa shape index (κ2) is 9.19. The predicted molar refractivity (Wildman–Crippen MR) is 129 cm³/mol. The van der Waals surface area contributed by atoms with Crippen molar-refractivity contribution in [3.8, 4) is 0 Å². The fraction of sp³-hybridized carbons (Fsp3) is 0.500. The normalized spacial score (nSPS) is 27.2. The number of allylic oxidation sites excluding steroid dienone is 2. The number of aliphatic imine (C=N–C) groups is 1. The van der Waals surface area contributed by atoms with Crippen LogP contribution in [0.2, 0.25) is 0 Å². The number of hydrogen-bond donors (Lipinski definition) is 1. The number of urea groups is 1. The Morgan fingerprint density at radius 2 is 1.84 bits per heavy atom. The van der Waals surface area contributed by atoms with E-state index in [0.29, 0.717) is 17.8 Å². The van der Waals surface area contributed by atoms with Gasteiger partial charge in [0.1, 0.15) is 0 Å². The summed E-state index contributed by atoms with van der Waals surface area (Å²) < 4.78 is 23.9. The van der Waals surface area contributed by atoms with E-state index >= 15 is 0 Å². The highest BCUT2D eigenvalue weighted by Crippen LogP contribution is 2.46. The first-order valence-corrected chi connectivity index (χ1v) is 12.9. The van der Waals surface area contributed by atoms with Crippen molar-refractivity contribution >= 4 is 22.6 Å². The van der Waals surface area contributed by atoms with Crippen LogP contribution in [-0.2, 0) is 15.4 Å². The number of amides is 2. The van der Waals surface area contributed by atoms with E-state index in [9.17, 15) is 13.2 Å². The number of nitrogens with one attached hydrogen (secondary N) is 1. The highest BCUT2D eigenvalue weighted by Gasteiger charge is 2.50. The quantitative estimate of drug-likeness (QED) is 0.502. The van der Waals surface area contributed by atoms with E-state index in [2.05, 4.69) is 60.3 Å². The predicted octanol–water partition coefficient (Wildman–Crippen LogP) is 3.31. The molecule has 32 heavy (non-hydrogen) atoms. The summed E-state index contributed by atoms with van der Waals surface area (Å²) in [5.74, 6) is -0.153. The molecule has 8 heteroatoms. The summed E-state index contributed by atoms with van der Waals surface area (Å²) in [6.45, 7) is 5.77. The standard InChI is InChI=1S/C24H34N4O3S/c1-6-19(17-32(5,30)31)21(16-25-2)28-18-23(26-22(28)29)12-14-24(15-13-23,27(3)4)20-10-8-7-9-11-20/h6-11,16H,2,12-15,17-18H2,1,3-5H3,(H,26,29)/b19-6-,21-16+/t23-,24+. The van der Waals surface area contributed by atoms with Gasteiger partial charge >= 0.3 is 6.03 Å². The van der Waals surface area contributed by atoms with Gasteiger partial charge in [-0.3, -0.25) is 14.8 Å². The van der Waals surface area contributed by atoms with Crippen molar-refractivity contribution in [1.82, 2.24) is 15.1 Å². The third-order valence-electron chi connectivity index (χ3n) is 6.88. The van der Waals surface area contributed by atoms with E-state index in [1.54, 1.807) is 17.9 Å². The van der Waals surface area contributed by atoms with Gasteiger partial charge in [-0.05, 0) is 64.6 Å². The van der Waals surface area contributed by atoms with Crippen LogP contribution in [0.5, 0.6) is 0 Å². The van der Waals surface area contributed by atoms with Gasteiger partial charge in [0.15, 0.2) is 9.84 Å². The molecule has 0 aromatic heterocycles. The van der Waals surface area contributed by atoms with Crippen LogP contribution in [-0.4, -0.2) is 69.2 Å². The zero-order valence-corrected chi connectivity index (χ0v) is 20.3. The lowest BCUT2D eigenvalue weighted by atomic mass is 9.69. The molecule has 7 nitrogen and oxygen atoms in total. The van der Waals surface area contributed by atoms with Crippen LogP contribution in [0.1, 0.15) is 38.2 Å². The monoisotopic (exact) mass is 458 g/mol. The smallest absolute Gasteiger partial charge is 0.322 e. The third-order valence-corrected chi connectivity index (χ3v) is 7.71. The summed E-state index contributed by atoms with van der Waals surface area (Å²) in [5.41, 5.74) is 1.92. The first-order valence-electron chi connectivity index (χ1n) is 10.9. The number of hydrogen-bond acceptors (Lipinski definition) is 5. The molecule has 2 amide bonds. The average molecular weight is 459 g/mol. The lowest BCUT2D eigenvalue weighted by Gasteiger charge is -2.48. The van der Waals surface area contributed by atoms with E-state index in [-0.39, 0.29) is 22.9 Å². The van der Waals surface area contributed by atoms with Gasteiger partial charge in [0.2, 0.25) is 0 Å². The summed E-state index contributed by atoms with van der Waals surface area (Å²) in [4.78, 5) is 20.8. The highest BCUT2D eigenvalue weighted by molar-refractivity contribution is 7.90. The minimum absolute atomic E-state index is 0.0726. The minimum Gasteiger partial charge on any atom is -0.330 e. The molecular formula is C24H34N4O3S. The highest BCUT2D eigenvalue weighted by atomic mass is 32.2. The van der Waals surface area contributed by atoms with Crippen LogP contribution in [0.3, 0.4) is 0 Å². The summed E-state index contributed by atoms with van der Waals surface area (Å²) in [6.07, 6.45) is 7.88. The van der Waals surface area contributed by atoms with Crippen molar-refractivity contribution in [1.29, 1.82) is 0 Å². The van der Waals surface area contributed by atoms with E-state index in [1.807, 2.05) is 6.07 Å². The average Bonchev–Trinajstić information content (AvgIpc) is 3.06. The largest absolute Gasteiger partial charge is 0.330 e. The molecule has 1 saturated heterocycles. The Labute approximate surface area is 191 Å². The molecule has 1 aromatic carbocycles. The fourth-order valence-corrected chi connectivity index (χ4v) is 5.95. The van der Waals surface area contributed by atoms with Crippen molar-refractivity contribution in [2.24, 2.45) is 4.99 Å². The molecule has 1 aliphatic carbocycles. The van der Waals surface area contributed by atoms with E-state index in [0.717, 1.165) is 25.7 Å². The summed E-state index contributed by atoms with van der Waals surface area (Å²) in [7, 11) is 0.962. The first-order chi connectivity index (χ1) is 15.1. The van der Waals surface area contributed by atoms with Crippen LogP contribution in [0.15, 0.2) is 58.9 Å². The molecule has 2 aliphatic rings. The lowest BCUT2D eigenvalue weighted by molar-refractivity contribution is 0.0629. The molecule has 1 saturated carbocycles. The summed E-state index contributed by atoms with van der Waals surface area (Å²) in [6, 6.07) is 10.3. The van der Waals surface area contributed by atoms with Gasteiger partial charge in [-0.25, -0.2) is 13.2 Å². The van der Waals surface area contributed by atoms with Crippen LogP contribution in [0, 0.1) is 0 Å². The molecular weight excluding hydrogens is 424 g/mol. The maximum atomic E-state index is 13.0. The van der Waals surface area contributed by atoms with Gasteiger partial charge in [-0.1, -0.05) is 36.4 Å². The molecule has 3 rings (SSSR count). The summed E-state index contributed by atoms with van der Waals surface area (Å²) in [5, 5.41) is 3.22. The number of benzene rings is 1. The number of rotatable bonds is 7. The van der Waals surface area contributed by atoms with Gasteiger partial charge in [0.05, 0.1) is 29.7 Å². The zero-order chi connectivity index (χ0) is 23.6. The molecule has 1 heterocycles. The molecule has 2 fully saturated rings. The maximum Gasteiger partial charge on any atom is 0.322 e. The molecule has 1 aromatic rings. The lowest BCUT2D eigenvalue weighted by Crippen LogP contribution is -2.54. The zero-order valence-electron chi connectivity index (χ0n) is 19.5. The Hall–Kier alpha value is -2.45. The second-order valence-electron chi connectivity index (χ2n) is 9.17. The molecule has 0 unspecified atom stereocenters. The molecule has 0 bridgehead atoms. The Morgan fingerprint density at radius 3 is 2.34 bits per heavy atom. The van der Waals surface area contributed by atoms with Crippen molar-refractivity contribution < 1.29 is 13.2 Å². The van der Waals surface area contributed by atoms with Crippen LogP contribution >= 0.6 is 0 Å². The topological polar surface area (TPSA) is 82.1 Å². The van der Waals surface area contributed by atoms with Crippen LogP contribution in [0.25, 0.3) is 0 Å². The Balaban J connectivity index is 1.85. The first kappa shape index (κ1) is 24.2. The van der Waals surface area contributed by atoms with Gasteiger partial charge in [-0.15, -0.1) is 0 Å². The molecule has 1 aliphatic heterocycles. The third kappa shape index (κ3) is 4.81. The van der Waals surface area contributed by atoms with E-state index in [1.165, 1.54) is 18.0 Å².